The highest BCUT2D eigenvalue weighted by Gasteiger charge is 2.46. The largest absolute Gasteiger partial charge is 0.379 e. The van der Waals surface area contributed by atoms with Gasteiger partial charge in [-0.15, -0.1) is 0 Å². The molecule has 0 spiro atoms. The van der Waals surface area contributed by atoms with Crippen LogP contribution in [0.25, 0.3) is 11.2 Å². The minimum absolute atomic E-state index is 0.0665. The molecule has 0 radical (unpaired) electrons. The van der Waals surface area contributed by atoms with Crippen LogP contribution in [-0.4, -0.2) is 55.6 Å². The van der Waals surface area contributed by atoms with Crippen LogP contribution in [0.3, 0.4) is 0 Å². The third-order valence-electron chi connectivity index (χ3n) is 8.64. The molecule has 1 aliphatic heterocycles. The number of hydrogen-bond donors (Lipinski definition) is 1. The maximum Gasteiger partial charge on any atom is 0.180 e. The van der Waals surface area contributed by atoms with Crippen LogP contribution in [0.4, 0.5) is 0 Å². The minimum Gasteiger partial charge on any atom is -0.379 e. The van der Waals surface area contributed by atoms with Crippen molar-refractivity contribution >= 4 is 11.2 Å². The molecule has 1 fully saturated rings. The van der Waals surface area contributed by atoms with E-state index in [1.54, 1.807) is 12.5 Å². The van der Waals surface area contributed by atoms with Gasteiger partial charge in [-0.2, -0.15) is 0 Å². The molecule has 1 aliphatic rings. The van der Waals surface area contributed by atoms with Crippen LogP contribution in [0.1, 0.15) is 77.4 Å². The van der Waals surface area contributed by atoms with Gasteiger partial charge in [-0.25, -0.2) is 15.0 Å². The lowest BCUT2D eigenvalue weighted by Gasteiger charge is -2.41. The molecular formula is C28H42N6O. The molecule has 7 nitrogen and oxygen atoms in total. The summed E-state index contributed by atoms with van der Waals surface area (Å²) >= 11 is 0. The van der Waals surface area contributed by atoms with E-state index in [4.69, 9.17) is 9.72 Å². The summed E-state index contributed by atoms with van der Waals surface area (Å²) in [5.41, 5.74) is 4.05. The smallest absolute Gasteiger partial charge is 0.180 e. The van der Waals surface area contributed by atoms with E-state index in [-0.39, 0.29) is 16.6 Å². The normalized spacial score (nSPS) is 20.5. The lowest BCUT2D eigenvalue weighted by Crippen LogP contribution is -2.43. The van der Waals surface area contributed by atoms with Gasteiger partial charge >= 0.3 is 0 Å². The molecule has 0 aliphatic carbocycles. The number of nitrogens with one attached hydrogen (secondary N) is 1. The van der Waals surface area contributed by atoms with E-state index in [0.29, 0.717) is 5.92 Å². The molecule has 0 amide bonds. The van der Waals surface area contributed by atoms with Gasteiger partial charge in [0.2, 0.25) is 0 Å². The standard InChI is InChI=1S/C28H42N6O/c1-20(10-12-26(3,4)35-7)28(13-11-24-32-23-17-29-19-31-25(23)33-24)14-15-34(18-28)27(5,6)22-9-8-21(2)30-16-22/h8-9,16-17,19-20H,10-15,18H2,1-7H3,(H,29,31,32,33)/t20?,28-/m1/s1. The number of ether oxygens (including phenoxy) is 1. The first-order valence-corrected chi connectivity index (χ1v) is 12.9. The first-order chi connectivity index (χ1) is 16.5. The molecule has 4 rings (SSSR count). The van der Waals surface area contributed by atoms with Crippen molar-refractivity contribution in [2.24, 2.45) is 11.3 Å². The summed E-state index contributed by atoms with van der Waals surface area (Å²) in [6, 6.07) is 4.36. The number of methoxy groups -OCH3 is 1. The molecule has 0 aromatic carbocycles. The van der Waals surface area contributed by atoms with Gasteiger partial charge in [0, 0.05) is 37.5 Å². The Morgan fingerprint density at radius 1 is 1.17 bits per heavy atom. The van der Waals surface area contributed by atoms with Crippen molar-refractivity contribution in [2.75, 3.05) is 20.2 Å². The minimum atomic E-state index is -0.0992. The van der Waals surface area contributed by atoms with Crippen LogP contribution in [0.2, 0.25) is 0 Å². The first kappa shape index (κ1) is 25.7. The van der Waals surface area contributed by atoms with E-state index in [0.717, 1.165) is 61.5 Å². The van der Waals surface area contributed by atoms with Gasteiger partial charge in [0.05, 0.1) is 11.8 Å². The maximum absolute atomic E-state index is 5.74. The number of aromatic nitrogens is 5. The van der Waals surface area contributed by atoms with Crippen molar-refractivity contribution < 1.29 is 4.74 Å². The highest BCUT2D eigenvalue weighted by atomic mass is 16.5. The summed E-state index contributed by atoms with van der Waals surface area (Å²) in [6.07, 6.45) is 10.8. The predicted molar refractivity (Wildman–Crippen MR) is 140 cm³/mol. The van der Waals surface area contributed by atoms with Gasteiger partial charge in [-0.1, -0.05) is 13.0 Å². The Balaban J connectivity index is 1.55. The number of hydrogen-bond acceptors (Lipinski definition) is 6. The third kappa shape index (κ3) is 5.56. The van der Waals surface area contributed by atoms with Gasteiger partial charge < -0.3 is 9.72 Å². The second kappa shape index (κ2) is 9.94. The number of likely N-dealkylation sites (tertiary alicyclic amines) is 1. The molecule has 0 bridgehead atoms. The number of H-pyrrole nitrogens is 1. The van der Waals surface area contributed by atoms with Crippen LogP contribution in [-0.2, 0) is 16.7 Å². The molecule has 190 valence electrons. The summed E-state index contributed by atoms with van der Waals surface area (Å²) in [4.78, 5) is 23.9. The molecule has 1 saturated heterocycles. The zero-order valence-electron chi connectivity index (χ0n) is 22.6. The predicted octanol–water partition coefficient (Wildman–Crippen LogP) is 5.46. The number of imidazole rings is 1. The monoisotopic (exact) mass is 478 g/mol. The van der Waals surface area contributed by atoms with Gasteiger partial charge in [0.15, 0.2) is 5.65 Å². The van der Waals surface area contributed by atoms with E-state index in [2.05, 4.69) is 77.8 Å². The lowest BCUT2D eigenvalue weighted by atomic mass is 9.69. The Bertz CT molecular complexity index is 1090. The Labute approximate surface area is 210 Å². The maximum atomic E-state index is 5.74. The van der Waals surface area contributed by atoms with Gasteiger partial charge in [0.25, 0.3) is 0 Å². The van der Waals surface area contributed by atoms with E-state index < -0.39 is 0 Å². The van der Waals surface area contributed by atoms with Crippen LogP contribution >= 0.6 is 0 Å². The van der Waals surface area contributed by atoms with Gasteiger partial charge in [0.1, 0.15) is 17.7 Å². The molecule has 35 heavy (non-hydrogen) atoms. The fraction of sp³-hybridized carbons (Fsp3) is 0.643. The van der Waals surface area contributed by atoms with Crippen molar-refractivity contribution in [3.63, 3.8) is 0 Å². The number of pyridine rings is 1. The third-order valence-corrected chi connectivity index (χ3v) is 8.64. The summed E-state index contributed by atoms with van der Waals surface area (Å²) in [5, 5.41) is 0. The van der Waals surface area contributed by atoms with E-state index in [1.807, 2.05) is 14.0 Å². The van der Waals surface area contributed by atoms with Crippen LogP contribution in [0.15, 0.2) is 30.9 Å². The van der Waals surface area contributed by atoms with Crippen molar-refractivity contribution in [2.45, 2.75) is 84.8 Å². The molecule has 1 N–H and O–H groups in total. The fourth-order valence-corrected chi connectivity index (χ4v) is 5.51. The molecule has 4 heterocycles. The van der Waals surface area contributed by atoms with E-state index >= 15 is 0 Å². The van der Waals surface area contributed by atoms with Gasteiger partial charge in [-0.3, -0.25) is 9.88 Å². The van der Waals surface area contributed by atoms with Crippen molar-refractivity contribution in [3.05, 3.63) is 47.9 Å². The average molecular weight is 479 g/mol. The topological polar surface area (TPSA) is 79.8 Å². The second-order valence-electron chi connectivity index (χ2n) is 11.6. The summed E-state index contributed by atoms with van der Waals surface area (Å²) in [6.45, 7) is 15.7. The van der Waals surface area contributed by atoms with Crippen molar-refractivity contribution in [3.8, 4) is 0 Å². The summed E-state index contributed by atoms with van der Waals surface area (Å²) in [7, 11) is 1.82. The molecule has 1 unspecified atom stereocenters. The zero-order valence-corrected chi connectivity index (χ0v) is 22.6. The first-order valence-electron chi connectivity index (χ1n) is 12.9. The Morgan fingerprint density at radius 3 is 2.66 bits per heavy atom. The Hall–Kier alpha value is -2.38. The Morgan fingerprint density at radius 2 is 1.97 bits per heavy atom. The lowest BCUT2D eigenvalue weighted by molar-refractivity contribution is 0.00285. The molecule has 3 aromatic heterocycles. The fourth-order valence-electron chi connectivity index (χ4n) is 5.51. The number of fused-ring (bicyclic) bond motifs is 1. The number of nitrogens with zero attached hydrogens (tertiary/aromatic N) is 5. The number of rotatable bonds is 10. The molecule has 3 aromatic rings. The molecule has 0 saturated carbocycles. The van der Waals surface area contributed by atoms with Crippen LogP contribution in [0.5, 0.6) is 0 Å². The summed E-state index contributed by atoms with van der Waals surface area (Å²) < 4.78 is 5.74. The van der Waals surface area contributed by atoms with Gasteiger partial charge in [-0.05, 0) is 89.8 Å². The van der Waals surface area contributed by atoms with Crippen LogP contribution in [0, 0.1) is 18.3 Å². The second-order valence-corrected chi connectivity index (χ2v) is 11.6. The number of aromatic amines is 1. The highest BCUT2D eigenvalue weighted by molar-refractivity contribution is 5.68. The SMILES string of the molecule is COC(C)(C)CCC(C)[C@]1(CCc2nc3ncncc3[nH]2)CCN(C(C)(C)c2ccc(C)nc2)C1. The number of aryl methyl sites for hydroxylation is 2. The quantitative estimate of drug-likeness (QED) is 0.417. The Kier molecular flexibility index (Phi) is 7.30. The zero-order chi connectivity index (χ0) is 25.3. The van der Waals surface area contributed by atoms with Crippen molar-refractivity contribution in [1.29, 1.82) is 0 Å². The van der Waals surface area contributed by atoms with E-state index in [1.165, 1.54) is 12.0 Å². The summed E-state index contributed by atoms with van der Waals surface area (Å²) in [5.74, 6) is 1.57. The van der Waals surface area contributed by atoms with Crippen molar-refractivity contribution in [1.82, 2.24) is 29.8 Å². The average Bonchev–Trinajstić information content (AvgIpc) is 3.47. The van der Waals surface area contributed by atoms with Crippen LogP contribution < -0.4 is 0 Å². The molecule has 2 atom stereocenters. The molecular weight excluding hydrogens is 436 g/mol. The highest BCUT2D eigenvalue weighted by Crippen LogP contribution is 2.47. The van der Waals surface area contributed by atoms with E-state index in [9.17, 15) is 0 Å². The molecule has 7 heteroatoms.